The lowest BCUT2D eigenvalue weighted by Gasteiger charge is -2.49. The number of carbonyl (C=O) groups excluding carboxylic acids is 2. The Labute approximate surface area is 208 Å². The summed E-state index contributed by atoms with van der Waals surface area (Å²) in [6.45, 7) is 8.32. The molecule has 2 fully saturated rings. The smallest absolute Gasteiger partial charge is 0.306 e. The second-order valence-corrected chi connectivity index (χ2v) is 10.8. The first kappa shape index (κ1) is 25.6. The number of ether oxygens (including phenoxy) is 1. The molecule has 6 nitrogen and oxygen atoms in total. The summed E-state index contributed by atoms with van der Waals surface area (Å²) in [5, 5.41) is 24.8. The van der Waals surface area contributed by atoms with Crippen molar-refractivity contribution in [1.82, 2.24) is 5.32 Å². The summed E-state index contributed by atoms with van der Waals surface area (Å²) in [5.41, 5.74) is 0.219. The van der Waals surface area contributed by atoms with Crippen LogP contribution in [0.4, 0.5) is 0 Å². The van der Waals surface area contributed by atoms with Crippen molar-refractivity contribution in [2.45, 2.75) is 82.6 Å². The average Bonchev–Trinajstić information content (AvgIpc) is 3.09. The van der Waals surface area contributed by atoms with E-state index in [1.165, 1.54) is 0 Å². The topological polar surface area (TPSA) is 95.9 Å². The van der Waals surface area contributed by atoms with Gasteiger partial charge in [0.2, 0.25) is 5.60 Å². The van der Waals surface area contributed by atoms with Crippen LogP contribution in [-0.4, -0.2) is 45.9 Å². The van der Waals surface area contributed by atoms with Crippen LogP contribution < -0.4 is 5.32 Å². The summed E-state index contributed by atoms with van der Waals surface area (Å²) >= 11 is 0. The molecule has 1 amide bonds. The molecule has 4 rings (SSSR count). The number of nitrogens with one attached hydrogen (secondary N) is 1. The van der Waals surface area contributed by atoms with Crippen LogP contribution in [0.2, 0.25) is 0 Å². The van der Waals surface area contributed by atoms with E-state index >= 15 is 0 Å². The molecule has 6 heteroatoms. The van der Waals surface area contributed by atoms with E-state index in [4.69, 9.17) is 4.74 Å². The third kappa shape index (κ3) is 5.10. The Bertz CT molecular complexity index is 959. The predicted molar refractivity (Wildman–Crippen MR) is 134 cm³/mol. The van der Waals surface area contributed by atoms with E-state index in [2.05, 4.69) is 18.8 Å². The first-order valence-corrected chi connectivity index (χ1v) is 13.0. The van der Waals surface area contributed by atoms with Gasteiger partial charge in [-0.15, -0.1) is 0 Å². The summed E-state index contributed by atoms with van der Waals surface area (Å²) in [6, 6.07) is 9.66. The lowest BCUT2D eigenvalue weighted by Crippen LogP contribution is -2.61. The maximum absolute atomic E-state index is 13.8. The van der Waals surface area contributed by atoms with Crippen LogP contribution in [0.25, 0.3) is 0 Å². The first-order chi connectivity index (χ1) is 16.7. The molecule has 1 aromatic rings. The van der Waals surface area contributed by atoms with Gasteiger partial charge in [0.25, 0.3) is 5.91 Å². The van der Waals surface area contributed by atoms with Gasteiger partial charge in [0.05, 0.1) is 18.1 Å². The van der Waals surface area contributed by atoms with Crippen molar-refractivity contribution in [2.24, 2.45) is 23.7 Å². The zero-order chi connectivity index (χ0) is 25.2. The van der Waals surface area contributed by atoms with Gasteiger partial charge < -0.3 is 20.3 Å². The minimum absolute atomic E-state index is 0.0314. The van der Waals surface area contributed by atoms with E-state index in [1.807, 2.05) is 49.4 Å². The molecule has 35 heavy (non-hydrogen) atoms. The third-order valence-corrected chi connectivity index (χ3v) is 8.32. The Balaban J connectivity index is 1.75. The molecule has 3 N–H and O–H groups in total. The highest BCUT2D eigenvalue weighted by Crippen LogP contribution is 2.52. The zero-order valence-electron chi connectivity index (χ0n) is 20.9. The summed E-state index contributed by atoms with van der Waals surface area (Å²) in [4.78, 5) is 26.9. The van der Waals surface area contributed by atoms with Crippen molar-refractivity contribution in [3.05, 3.63) is 60.2 Å². The fourth-order valence-corrected chi connectivity index (χ4v) is 6.30. The van der Waals surface area contributed by atoms with Crippen LogP contribution in [-0.2, 0) is 20.7 Å². The normalized spacial score (nSPS) is 39.5. The number of hydrogen-bond donors (Lipinski definition) is 3. The molecule has 8 unspecified atom stereocenters. The number of carbonyl (C=O) groups is 2. The molecule has 3 aliphatic rings. The van der Waals surface area contributed by atoms with Crippen LogP contribution in [0.3, 0.4) is 0 Å². The molecular formula is C29H39NO5. The highest BCUT2D eigenvalue weighted by Gasteiger charge is 2.67. The van der Waals surface area contributed by atoms with Crippen molar-refractivity contribution in [3.63, 3.8) is 0 Å². The number of hydrogen-bond acceptors (Lipinski definition) is 5. The van der Waals surface area contributed by atoms with Gasteiger partial charge in [-0.2, -0.15) is 0 Å². The quantitative estimate of drug-likeness (QED) is 0.442. The zero-order valence-corrected chi connectivity index (χ0v) is 20.9. The highest BCUT2D eigenvalue weighted by atomic mass is 16.6. The molecule has 1 aliphatic carbocycles. The van der Waals surface area contributed by atoms with Crippen LogP contribution in [0.5, 0.6) is 0 Å². The van der Waals surface area contributed by atoms with E-state index in [0.29, 0.717) is 30.8 Å². The van der Waals surface area contributed by atoms with Crippen LogP contribution >= 0.6 is 0 Å². The summed E-state index contributed by atoms with van der Waals surface area (Å²) in [7, 11) is 0. The van der Waals surface area contributed by atoms with Gasteiger partial charge in [-0.05, 0) is 48.7 Å². The first-order valence-electron chi connectivity index (χ1n) is 13.0. The van der Waals surface area contributed by atoms with Gasteiger partial charge in [0.1, 0.15) is 0 Å². The number of aliphatic hydroxyl groups excluding tert-OH is 2. The number of benzene rings is 1. The second-order valence-electron chi connectivity index (χ2n) is 10.8. The Morgan fingerprint density at radius 3 is 2.60 bits per heavy atom. The van der Waals surface area contributed by atoms with E-state index in [-0.39, 0.29) is 30.2 Å². The SMILES string of the molecule is C=C1C(C)C2C(Cc3ccccc3)NC(=O)C23OC(=O)CCC(O)CCCC(C)C/C=C/C3C1O. The average molecular weight is 482 g/mol. The van der Waals surface area contributed by atoms with Gasteiger partial charge in [-0.3, -0.25) is 9.59 Å². The summed E-state index contributed by atoms with van der Waals surface area (Å²) in [5.74, 6) is -1.80. The van der Waals surface area contributed by atoms with Crippen molar-refractivity contribution in [2.75, 3.05) is 0 Å². The van der Waals surface area contributed by atoms with Crippen molar-refractivity contribution >= 4 is 11.9 Å². The van der Waals surface area contributed by atoms with Crippen LogP contribution in [0, 0.1) is 23.7 Å². The molecule has 2 aliphatic heterocycles. The minimum atomic E-state index is -1.52. The van der Waals surface area contributed by atoms with Crippen molar-refractivity contribution < 1.29 is 24.5 Å². The lowest BCUT2D eigenvalue weighted by molar-refractivity contribution is -0.187. The van der Waals surface area contributed by atoms with Gasteiger partial charge in [-0.25, -0.2) is 0 Å². The fraction of sp³-hybridized carbons (Fsp3) is 0.586. The Kier molecular flexibility index (Phi) is 7.82. The van der Waals surface area contributed by atoms with Crippen molar-refractivity contribution in [1.29, 1.82) is 0 Å². The molecule has 0 radical (unpaired) electrons. The van der Waals surface area contributed by atoms with E-state index < -0.39 is 29.7 Å². The maximum Gasteiger partial charge on any atom is 0.306 e. The molecule has 8 atom stereocenters. The summed E-state index contributed by atoms with van der Waals surface area (Å²) < 4.78 is 6.14. The fourth-order valence-electron chi connectivity index (χ4n) is 6.30. The molecule has 2 heterocycles. The monoisotopic (exact) mass is 481 g/mol. The highest BCUT2D eigenvalue weighted by molar-refractivity contribution is 5.92. The van der Waals surface area contributed by atoms with Crippen LogP contribution in [0.1, 0.15) is 57.9 Å². The third-order valence-electron chi connectivity index (χ3n) is 8.32. The number of allylic oxidation sites excluding steroid dienone is 1. The number of amides is 1. The number of esters is 1. The minimum Gasteiger partial charge on any atom is -0.448 e. The second kappa shape index (κ2) is 10.7. The van der Waals surface area contributed by atoms with Crippen LogP contribution in [0.15, 0.2) is 54.6 Å². The Morgan fingerprint density at radius 1 is 1.11 bits per heavy atom. The lowest BCUT2D eigenvalue weighted by atomic mass is 9.59. The largest absolute Gasteiger partial charge is 0.448 e. The summed E-state index contributed by atoms with van der Waals surface area (Å²) in [6.07, 6.45) is 6.53. The molecule has 190 valence electrons. The molecule has 1 spiro atoms. The van der Waals surface area contributed by atoms with Gasteiger partial charge >= 0.3 is 5.97 Å². The molecule has 0 bridgehead atoms. The van der Waals surface area contributed by atoms with E-state index in [1.54, 1.807) is 0 Å². The Hall–Kier alpha value is -2.44. The maximum atomic E-state index is 13.8. The van der Waals surface area contributed by atoms with E-state index in [9.17, 15) is 19.8 Å². The van der Waals surface area contributed by atoms with Gasteiger partial charge in [0, 0.05) is 18.4 Å². The number of aliphatic hydroxyl groups is 2. The van der Waals surface area contributed by atoms with Gasteiger partial charge in [0.15, 0.2) is 0 Å². The van der Waals surface area contributed by atoms with E-state index in [0.717, 1.165) is 24.8 Å². The molecule has 0 aromatic heterocycles. The van der Waals surface area contributed by atoms with Gasteiger partial charge in [-0.1, -0.05) is 75.8 Å². The molecular weight excluding hydrogens is 442 g/mol. The predicted octanol–water partition coefficient (Wildman–Crippen LogP) is 3.72. The molecule has 1 saturated carbocycles. The Morgan fingerprint density at radius 2 is 1.86 bits per heavy atom. The standard InChI is InChI=1S/C29H39NO5/c1-18-9-7-13-22(31)15-16-25(32)35-29-23(14-8-10-18)27(33)20(3)19(2)26(29)24(30-28(29)34)17-21-11-5-4-6-12-21/h4-6,8,11-12,14,18-19,22-24,26-27,31,33H,3,7,9-10,13,15-17H2,1-2H3,(H,30,34)/b14-8+. The van der Waals surface area contributed by atoms with Crippen molar-refractivity contribution in [3.8, 4) is 0 Å². The molecule has 1 saturated heterocycles. The number of rotatable bonds is 2. The molecule has 1 aromatic carbocycles.